The summed E-state index contributed by atoms with van der Waals surface area (Å²) in [7, 11) is 1.54. The van der Waals surface area contributed by atoms with E-state index >= 15 is 0 Å². The summed E-state index contributed by atoms with van der Waals surface area (Å²) in [5.41, 5.74) is 1.01. The van der Waals surface area contributed by atoms with E-state index in [2.05, 4.69) is 0 Å². The Kier molecular flexibility index (Phi) is 3.49. The molecule has 1 aliphatic heterocycles. The fraction of sp³-hybridized carbons (Fsp3) is 0.417. The maximum atomic E-state index is 10.8. The van der Waals surface area contributed by atoms with Crippen molar-refractivity contribution < 1.29 is 24.1 Å². The van der Waals surface area contributed by atoms with Crippen LogP contribution in [0.3, 0.4) is 0 Å². The zero-order valence-electron chi connectivity index (χ0n) is 9.51. The Labute approximate surface area is 98.9 Å². The summed E-state index contributed by atoms with van der Waals surface area (Å²) in [6.07, 6.45) is 0.442. The molecule has 92 valence electrons. The van der Waals surface area contributed by atoms with E-state index in [9.17, 15) is 4.79 Å². The number of ether oxygens (including phenoxy) is 3. The maximum absolute atomic E-state index is 10.8. The van der Waals surface area contributed by atoms with Crippen molar-refractivity contribution in [3.05, 3.63) is 23.8 Å². The van der Waals surface area contributed by atoms with Crippen LogP contribution in [0, 0.1) is 0 Å². The van der Waals surface area contributed by atoms with Gasteiger partial charge in [0.05, 0.1) is 0 Å². The van der Waals surface area contributed by atoms with Crippen LogP contribution in [0.4, 0.5) is 0 Å². The van der Waals surface area contributed by atoms with Gasteiger partial charge in [0.2, 0.25) is 0 Å². The van der Waals surface area contributed by atoms with E-state index in [1.807, 2.05) is 12.1 Å². The quantitative estimate of drug-likeness (QED) is 0.804. The number of aryl methyl sites for hydroxylation is 1. The highest BCUT2D eigenvalue weighted by molar-refractivity contribution is 5.73. The molecule has 1 aromatic rings. The predicted molar refractivity (Wildman–Crippen MR) is 59.3 cm³/mol. The molecule has 1 unspecified atom stereocenters. The monoisotopic (exact) mass is 238 g/mol. The Bertz CT molecular complexity index is 415. The van der Waals surface area contributed by atoms with Crippen LogP contribution in [0.15, 0.2) is 18.2 Å². The number of methoxy groups -OCH3 is 1. The molecule has 5 nitrogen and oxygen atoms in total. The third kappa shape index (κ3) is 2.68. The fourth-order valence-corrected chi connectivity index (χ4v) is 1.74. The second-order valence-electron chi connectivity index (χ2n) is 3.80. The largest absolute Gasteiger partial charge is 0.479 e. The van der Waals surface area contributed by atoms with Crippen LogP contribution < -0.4 is 9.47 Å². The molecule has 0 bridgehead atoms. The van der Waals surface area contributed by atoms with E-state index in [-0.39, 0.29) is 6.79 Å². The summed E-state index contributed by atoms with van der Waals surface area (Å²) in [5.74, 6) is 0.257. The highest BCUT2D eigenvalue weighted by Crippen LogP contribution is 2.31. The minimum atomic E-state index is -0.932. The van der Waals surface area contributed by atoms with Gasteiger partial charge in [-0.25, -0.2) is 4.79 Å². The van der Waals surface area contributed by atoms with Gasteiger partial charge in [-0.3, -0.25) is 0 Å². The average molecular weight is 238 g/mol. The molecule has 1 aromatic carbocycles. The van der Waals surface area contributed by atoms with Crippen molar-refractivity contribution in [1.29, 1.82) is 0 Å². The lowest BCUT2D eigenvalue weighted by Gasteiger charge is -2.23. The zero-order chi connectivity index (χ0) is 12.3. The molecule has 0 fully saturated rings. The van der Waals surface area contributed by atoms with Crippen molar-refractivity contribution in [1.82, 2.24) is 0 Å². The molecule has 0 amide bonds. The Morgan fingerprint density at radius 3 is 3.12 bits per heavy atom. The maximum Gasteiger partial charge on any atom is 0.344 e. The molecule has 0 radical (unpaired) electrons. The van der Waals surface area contributed by atoms with Crippen LogP contribution in [0.1, 0.15) is 12.0 Å². The summed E-state index contributed by atoms with van der Waals surface area (Å²) in [6.45, 7) is 0.154. The molecule has 2 rings (SSSR count). The summed E-state index contributed by atoms with van der Waals surface area (Å²) in [5, 5.41) is 8.90. The van der Waals surface area contributed by atoms with Gasteiger partial charge in [0, 0.05) is 13.2 Å². The number of carboxylic acid groups (broad SMARTS) is 1. The molecule has 5 heteroatoms. The summed E-state index contributed by atoms with van der Waals surface area (Å²) < 4.78 is 15.5. The van der Waals surface area contributed by atoms with Crippen LogP contribution in [0.5, 0.6) is 11.5 Å². The number of hydrogen-bond donors (Lipinski definition) is 1. The van der Waals surface area contributed by atoms with Gasteiger partial charge in [-0.15, -0.1) is 0 Å². The SMILES string of the molecule is COCOc1ccc2c(c1)OC(C(=O)O)CC2. The van der Waals surface area contributed by atoms with Crippen molar-refractivity contribution in [3.8, 4) is 11.5 Å². The van der Waals surface area contributed by atoms with Crippen molar-refractivity contribution in [2.75, 3.05) is 13.9 Å². The van der Waals surface area contributed by atoms with Gasteiger partial charge in [-0.2, -0.15) is 0 Å². The Balaban J connectivity index is 2.14. The lowest BCUT2D eigenvalue weighted by Crippen LogP contribution is -2.30. The lowest BCUT2D eigenvalue weighted by molar-refractivity contribution is -0.145. The molecular weight excluding hydrogens is 224 g/mol. The number of carboxylic acids is 1. The first-order chi connectivity index (χ1) is 8.20. The lowest BCUT2D eigenvalue weighted by atomic mass is 10.0. The number of rotatable bonds is 4. The first-order valence-corrected chi connectivity index (χ1v) is 5.35. The highest BCUT2D eigenvalue weighted by Gasteiger charge is 2.25. The van der Waals surface area contributed by atoms with E-state index in [0.717, 1.165) is 5.56 Å². The van der Waals surface area contributed by atoms with Crippen LogP contribution in [-0.2, 0) is 16.0 Å². The van der Waals surface area contributed by atoms with Crippen LogP contribution in [0.25, 0.3) is 0 Å². The average Bonchev–Trinajstić information content (AvgIpc) is 2.35. The van der Waals surface area contributed by atoms with Gasteiger partial charge in [0.25, 0.3) is 0 Å². The van der Waals surface area contributed by atoms with E-state index in [4.69, 9.17) is 19.3 Å². The molecule has 0 saturated heterocycles. The third-order valence-corrected chi connectivity index (χ3v) is 2.60. The highest BCUT2D eigenvalue weighted by atomic mass is 16.7. The summed E-state index contributed by atoms with van der Waals surface area (Å²) >= 11 is 0. The van der Waals surface area contributed by atoms with Crippen molar-refractivity contribution >= 4 is 5.97 Å². The first-order valence-electron chi connectivity index (χ1n) is 5.35. The topological polar surface area (TPSA) is 65.0 Å². The van der Waals surface area contributed by atoms with Crippen molar-refractivity contribution in [2.45, 2.75) is 18.9 Å². The van der Waals surface area contributed by atoms with Crippen LogP contribution in [-0.4, -0.2) is 31.1 Å². The molecular formula is C12H14O5. The minimum Gasteiger partial charge on any atom is -0.479 e. The normalized spacial score (nSPS) is 18.1. The molecule has 17 heavy (non-hydrogen) atoms. The number of hydrogen-bond acceptors (Lipinski definition) is 4. The Morgan fingerprint density at radius 2 is 2.41 bits per heavy atom. The van der Waals surface area contributed by atoms with Crippen molar-refractivity contribution in [2.24, 2.45) is 0 Å². The standard InChI is InChI=1S/C12H14O5/c1-15-7-16-9-4-2-8-3-5-10(12(13)14)17-11(8)6-9/h2,4,6,10H,3,5,7H2,1H3,(H,13,14). The van der Waals surface area contributed by atoms with E-state index in [1.54, 1.807) is 6.07 Å². The molecule has 0 saturated carbocycles. The number of aliphatic carboxylic acids is 1. The van der Waals surface area contributed by atoms with Crippen LogP contribution >= 0.6 is 0 Å². The second-order valence-corrected chi connectivity index (χ2v) is 3.80. The summed E-state index contributed by atoms with van der Waals surface area (Å²) in [6, 6.07) is 5.41. The third-order valence-electron chi connectivity index (χ3n) is 2.60. The van der Waals surface area contributed by atoms with Gasteiger partial charge < -0.3 is 19.3 Å². The Morgan fingerprint density at radius 1 is 1.59 bits per heavy atom. The zero-order valence-corrected chi connectivity index (χ0v) is 9.51. The molecule has 1 atom stereocenters. The molecule has 0 aromatic heterocycles. The Hall–Kier alpha value is -1.75. The fourth-order valence-electron chi connectivity index (χ4n) is 1.74. The van der Waals surface area contributed by atoms with Crippen LogP contribution in [0.2, 0.25) is 0 Å². The predicted octanol–water partition coefficient (Wildman–Crippen LogP) is 1.45. The van der Waals surface area contributed by atoms with Crippen molar-refractivity contribution in [3.63, 3.8) is 0 Å². The van der Waals surface area contributed by atoms with E-state index in [1.165, 1.54) is 7.11 Å². The molecule has 0 aliphatic carbocycles. The van der Waals surface area contributed by atoms with Gasteiger partial charge in [-0.1, -0.05) is 6.07 Å². The smallest absolute Gasteiger partial charge is 0.344 e. The van der Waals surface area contributed by atoms with Gasteiger partial charge in [-0.05, 0) is 24.5 Å². The van der Waals surface area contributed by atoms with Gasteiger partial charge in [0.1, 0.15) is 11.5 Å². The number of benzene rings is 1. The molecule has 1 aliphatic rings. The van der Waals surface area contributed by atoms with E-state index < -0.39 is 12.1 Å². The van der Waals surface area contributed by atoms with Gasteiger partial charge in [0.15, 0.2) is 12.9 Å². The molecule has 0 spiro atoms. The molecule has 1 N–H and O–H groups in total. The minimum absolute atomic E-state index is 0.154. The second kappa shape index (κ2) is 5.05. The van der Waals surface area contributed by atoms with Gasteiger partial charge >= 0.3 is 5.97 Å². The number of fused-ring (bicyclic) bond motifs is 1. The summed E-state index contributed by atoms with van der Waals surface area (Å²) in [4.78, 5) is 10.8. The number of carbonyl (C=O) groups is 1. The molecule has 1 heterocycles. The first kappa shape index (κ1) is 11.7. The van der Waals surface area contributed by atoms with E-state index in [0.29, 0.717) is 24.3 Å².